The Morgan fingerprint density at radius 2 is 1.58 bits per heavy atom. The van der Waals surface area contributed by atoms with Crippen LogP contribution in [0.1, 0.15) is 30.0 Å². The van der Waals surface area contributed by atoms with E-state index in [2.05, 4.69) is 5.32 Å². The Labute approximate surface area is 230 Å². The summed E-state index contributed by atoms with van der Waals surface area (Å²) in [4.78, 5) is 28.8. The van der Waals surface area contributed by atoms with E-state index in [1.54, 1.807) is 0 Å². The van der Waals surface area contributed by atoms with Gasteiger partial charge in [0.1, 0.15) is 6.04 Å². The van der Waals surface area contributed by atoms with Gasteiger partial charge >= 0.3 is 0 Å². The smallest absolute Gasteiger partial charge is 0.243 e. The van der Waals surface area contributed by atoms with E-state index < -0.39 is 28.5 Å². The third-order valence-corrected chi connectivity index (χ3v) is 8.37. The van der Waals surface area contributed by atoms with Crippen LogP contribution in [0, 0.1) is 6.92 Å². The van der Waals surface area contributed by atoms with Crippen molar-refractivity contribution in [2.24, 2.45) is 0 Å². The average molecular weight is 556 g/mol. The Morgan fingerprint density at radius 3 is 2.21 bits per heavy atom. The van der Waals surface area contributed by atoms with Gasteiger partial charge in [0.15, 0.2) is 0 Å². The number of nitrogens with zero attached hydrogens (tertiary/aromatic N) is 2. The highest BCUT2D eigenvalue weighted by Gasteiger charge is 2.33. The predicted molar refractivity (Wildman–Crippen MR) is 150 cm³/mol. The van der Waals surface area contributed by atoms with Crippen LogP contribution < -0.4 is 5.32 Å². The molecule has 0 spiro atoms. The number of likely N-dealkylation sites (N-methyl/N-ethyl adjacent to an activating group) is 1. The van der Waals surface area contributed by atoms with Crippen LogP contribution in [0.5, 0.6) is 0 Å². The maximum absolute atomic E-state index is 13.8. The lowest BCUT2D eigenvalue weighted by atomic mass is 10.0. The van der Waals surface area contributed by atoms with Crippen molar-refractivity contribution in [1.82, 2.24) is 14.5 Å². The maximum Gasteiger partial charge on any atom is 0.243 e. The van der Waals surface area contributed by atoms with Gasteiger partial charge in [-0.1, -0.05) is 73.1 Å². The maximum atomic E-state index is 13.8. The van der Waals surface area contributed by atoms with Gasteiger partial charge in [0.2, 0.25) is 21.8 Å². The summed E-state index contributed by atoms with van der Waals surface area (Å²) in [5.41, 5.74) is 2.75. The molecule has 0 radical (unpaired) electrons. The highest BCUT2D eigenvalue weighted by atomic mass is 35.5. The van der Waals surface area contributed by atoms with Crippen LogP contribution in [0.3, 0.4) is 0 Å². The Balaban J connectivity index is 1.97. The summed E-state index contributed by atoms with van der Waals surface area (Å²) < 4.78 is 27.4. The van der Waals surface area contributed by atoms with E-state index in [0.717, 1.165) is 27.4 Å². The minimum Gasteiger partial charge on any atom is -0.354 e. The van der Waals surface area contributed by atoms with Crippen molar-refractivity contribution in [3.05, 3.63) is 101 Å². The number of amides is 2. The fraction of sp³-hybridized carbons (Fsp3) is 0.310. The molecule has 3 aromatic rings. The minimum atomic E-state index is -3.96. The first-order chi connectivity index (χ1) is 18.1. The van der Waals surface area contributed by atoms with Crippen molar-refractivity contribution in [3.63, 3.8) is 0 Å². The van der Waals surface area contributed by atoms with E-state index in [4.69, 9.17) is 11.6 Å². The van der Waals surface area contributed by atoms with Gasteiger partial charge < -0.3 is 10.2 Å². The van der Waals surface area contributed by atoms with E-state index in [0.29, 0.717) is 18.0 Å². The van der Waals surface area contributed by atoms with Crippen molar-refractivity contribution >= 4 is 33.4 Å². The summed E-state index contributed by atoms with van der Waals surface area (Å²) in [5.74, 6) is -0.748. The first-order valence-electron chi connectivity index (χ1n) is 12.5. The molecule has 9 heteroatoms. The topological polar surface area (TPSA) is 86.8 Å². The number of hydrogen-bond donors (Lipinski definition) is 1. The van der Waals surface area contributed by atoms with Crippen molar-refractivity contribution in [3.8, 4) is 0 Å². The van der Waals surface area contributed by atoms with Gasteiger partial charge in [-0.2, -0.15) is 4.31 Å². The minimum absolute atomic E-state index is 0.0316. The highest BCUT2D eigenvalue weighted by Crippen LogP contribution is 2.20. The SMILES string of the molecule is CCCNC(=O)[C@H](Cc1ccccc1)N(Cc1ccccc1C)C(=O)CN(C)S(=O)(=O)c1ccc(Cl)cc1. The van der Waals surface area contributed by atoms with Crippen LogP contribution in [-0.4, -0.2) is 55.6 Å². The summed E-state index contributed by atoms with van der Waals surface area (Å²) in [6.45, 7) is 4.11. The zero-order valence-electron chi connectivity index (χ0n) is 21.9. The number of carbonyl (C=O) groups is 2. The fourth-order valence-corrected chi connectivity index (χ4v) is 5.29. The van der Waals surface area contributed by atoms with Crippen LogP contribution in [0.2, 0.25) is 5.02 Å². The molecule has 0 bridgehead atoms. The van der Waals surface area contributed by atoms with Gasteiger partial charge in [0.25, 0.3) is 0 Å². The number of rotatable bonds is 12. The molecule has 2 amide bonds. The molecule has 0 aliphatic heterocycles. The molecule has 0 heterocycles. The number of halogens is 1. The lowest BCUT2D eigenvalue weighted by Crippen LogP contribution is -2.53. The zero-order valence-corrected chi connectivity index (χ0v) is 23.5. The van der Waals surface area contributed by atoms with E-state index in [1.807, 2.05) is 68.4 Å². The lowest BCUT2D eigenvalue weighted by Gasteiger charge is -2.33. The molecular weight excluding hydrogens is 522 g/mol. The molecule has 1 N–H and O–H groups in total. The van der Waals surface area contributed by atoms with Gasteiger partial charge in [-0.25, -0.2) is 8.42 Å². The number of carbonyl (C=O) groups excluding carboxylic acids is 2. The van der Waals surface area contributed by atoms with Gasteiger partial charge in [0, 0.05) is 31.6 Å². The van der Waals surface area contributed by atoms with Crippen LogP contribution in [0.4, 0.5) is 0 Å². The van der Waals surface area contributed by atoms with Crippen LogP contribution in [0.25, 0.3) is 0 Å². The molecular formula is C29H34ClN3O4S. The molecule has 3 rings (SSSR count). The Bertz CT molecular complexity index is 1330. The summed E-state index contributed by atoms with van der Waals surface area (Å²) in [5, 5.41) is 3.34. The number of aryl methyl sites for hydroxylation is 1. The molecule has 7 nitrogen and oxygen atoms in total. The normalized spacial score (nSPS) is 12.2. The number of sulfonamides is 1. The van der Waals surface area contributed by atoms with Crippen LogP contribution in [0.15, 0.2) is 83.8 Å². The molecule has 1 atom stereocenters. The lowest BCUT2D eigenvalue weighted by molar-refractivity contribution is -0.141. The fourth-order valence-electron chi connectivity index (χ4n) is 4.04. The second-order valence-corrected chi connectivity index (χ2v) is 11.6. The predicted octanol–water partition coefficient (Wildman–Crippen LogP) is 4.44. The van der Waals surface area contributed by atoms with Crippen molar-refractivity contribution < 1.29 is 18.0 Å². The van der Waals surface area contributed by atoms with Crippen molar-refractivity contribution in [2.75, 3.05) is 20.1 Å². The highest BCUT2D eigenvalue weighted by molar-refractivity contribution is 7.89. The van der Waals surface area contributed by atoms with Gasteiger partial charge in [0.05, 0.1) is 11.4 Å². The van der Waals surface area contributed by atoms with Gasteiger partial charge in [-0.15, -0.1) is 0 Å². The molecule has 0 fully saturated rings. The standard InChI is InChI=1S/C29H34ClN3O4S/c1-4-18-31-29(35)27(19-23-11-6-5-7-12-23)33(20-24-13-9-8-10-22(24)2)28(34)21-32(3)38(36,37)26-16-14-25(30)15-17-26/h5-17,27H,4,18-21H2,1-3H3,(H,31,35)/t27-/m0/s1. The average Bonchev–Trinajstić information content (AvgIpc) is 2.91. The largest absolute Gasteiger partial charge is 0.354 e. The molecule has 0 aliphatic rings. The van der Waals surface area contributed by atoms with E-state index in [1.165, 1.54) is 36.2 Å². The third-order valence-electron chi connectivity index (χ3n) is 6.30. The Hall–Kier alpha value is -3.20. The first-order valence-corrected chi connectivity index (χ1v) is 14.3. The van der Waals surface area contributed by atoms with Gasteiger partial charge in [-0.05, 0) is 54.3 Å². The summed E-state index contributed by atoms with van der Waals surface area (Å²) in [6, 6.07) is 22.1. The quantitative estimate of drug-likeness (QED) is 0.358. The molecule has 38 heavy (non-hydrogen) atoms. The Kier molecular flexibility index (Phi) is 10.5. The molecule has 0 aromatic heterocycles. The molecule has 0 unspecified atom stereocenters. The second-order valence-electron chi connectivity index (χ2n) is 9.16. The monoisotopic (exact) mass is 555 g/mol. The van der Waals surface area contributed by atoms with Crippen LogP contribution in [-0.2, 0) is 32.6 Å². The summed E-state index contributed by atoms with van der Waals surface area (Å²) >= 11 is 5.92. The van der Waals surface area contributed by atoms with Gasteiger partial charge in [-0.3, -0.25) is 9.59 Å². The number of nitrogens with one attached hydrogen (secondary N) is 1. The number of benzene rings is 3. The van der Waals surface area contributed by atoms with Crippen molar-refractivity contribution in [1.29, 1.82) is 0 Å². The van der Waals surface area contributed by atoms with E-state index in [9.17, 15) is 18.0 Å². The number of hydrogen-bond acceptors (Lipinski definition) is 4. The van der Waals surface area contributed by atoms with E-state index in [-0.39, 0.29) is 17.3 Å². The van der Waals surface area contributed by atoms with Crippen molar-refractivity contribution in [2.45, 2.75) is 44.2 Å². The molecule has 0 aliphatic carbocycles. The first kappa shape index (κ1) is 29.4. The zero-order chi connectivity index (χ0) is 27.7. The second kappa shape index (κ2) is 13.6. The third kappa shape index (κ3) is 7.66. The van der Waals surface area contributed by atoms with Crippen LogP contribution >= 0.6 is 11.6 Å². The summed E-state index contributed by atoms with van der Waals surface area (Å²) in [6.07, 6.45) is 1.04. The summed E-state index contributed by atoms with van der Waals surface area (Å²) in [7, 11) is -2.60. The Morgan fingerprint density at radius 1 is 0.947 bits per heavy atom. The molecule has 0 saturated heterocycles. The molecule has 0 saturated carbocycles. The molecule has 3 aromatic carbocycles. The van der Waals surface area contributed by atoms with E-state index >= 15 is 0 Å². The molecule has 202 valence electrons.